The Morgan fingerprint density at radius 1 is 1.40 bits per heavy atom. The third-order valence-electron chi connectivity index (χ3n) is 2.89. The monoisotopic (exact) mass is 271 g/mol. The molecule has 0 amide bonds. The molecule has 4 nitrogen and oxygen atoms in total. The summed E-state index contributed by atoms with van der Waals surface area (Å²) in [5.74, 6) is 0. The molecule has 1 aromatic rings. The lowest BCUT2D eigenvalue weighted by atomic mass is 9.96. The maximum Gasteiger partial charge on any atom is 0.283 e. The molecule has 15 heavy (non-hydrogen) atoms. The number of nitrogens with zero attached hydrogens (tertiary/aromatic N) is 2. The number of hydrogen-bond acceptors (Lipinski definition) is 3. The molecule has 5 heteroatoms. The summed E-state index contributed by atoms with van der Waals surface area (Å²) in [4.78, 5) is 11.9. The second-order valence-corrected chi connectivity index (χ2v) is 4.75. The lowest BCUT2D eigenvalue weighted by Crippen LogP contribution is -2.29. The van der Waals surface area contributed by atoms with Crippen molar-refractivity contribution in [1.82, 2.24) is 9.78 Å². The fourth-order valence-electron chi connectivity index (χ4n) is 2.04. The van der Waals surface area contributed by atoms with Crippen molar-refractivity contribution >= 4 is 21.6 Å². The summed E-state index contributed by atoms with van der Waals surface area (Å²) in [6.07, 6.45) is 7.26. The van der Waals surface area contributed by atoms with E-state index in [-0.39, 0.29) is 11.6 Å². The van der Waals surface area contributed by atoms with Crippen molar-refractivity contribution in [1.29, 1.82) is 0 Å². The molecule has 2 rings (SSSR count). The van der Waals surface area contributed by atoms with Crippen LogP contribution in [0.3, 0.4) is 0 Å². The first-order valence-electron chi connectivity index (χ1n) is 5.23. The van der Waals surface area contributed by atoms with Crippen LogP contribution in [0.2, 0.25) is 0 Å². The van der Waals surface area contributed by atoms with Crippen LogP contribution in [0.15, 0.2) is 15.5 Å². The molecule has 0 saturated heterocycles. The Morgan fingerprint density at radius 3 is 2.73 bits per heavy atom. The number of hydrogen-bond donors (Lipinski definition) is 1. The number of halogens is 1. The van der Waals surface area contributed by atoms with Gasteiger partial charge in [0.2, 0.25) is 0 Å². The maximum atomic E-state index is 11.9. The Kier molecular flexibility index (Phi) is 3.09. The number of rotatable bonds is 1. The van der Waals surface area contributed by atoms with Crippen molar-refractivity contribution in [3.05, 3.63) is 21.0 Å². The molecule has 1 aromatic heterocycles. The molecule has 0 atom stereocenters. The van der Waals surface area contributed by atoms with Gasteiger partial charge in [0.15, 0.2) is 0 Å². The zero-order chi connectivity index (χ0) is 10.8. The Balaban J connectivity index is 2.35. The van der Waals surface area contributed by atoms with Gasteiger partial charge < -0.3 is 5.73 Å². The SMILES string of the molecule is Nc1cnn(C2CCCCC2)c(=O)c1Br. The van der Waals surface area contributed by atoms with Gasteiger partial charge in [-0.25, -0.2) is 4.68 Å². The summed E-state index contributed by atoms with van der Waals surface area (Å²) >= 11 is 3.20. The Morgan fingerprint density at radius 2 is 2.07 bits per heavy atom. The highest BCUT2D eigenvalue weighted by atomic mass is 79.9. The summed E-state index contributed by atoms with van der Waals surface area (Å²) in [5, 5.41) is 4.11. The zero-order valence-electron chi connectivity index (χ0n) is 8.45. The molecule has 0 radical (unpaired) electrons. The third-order valence-corrected chi connectivity index (χ3v) is 3.69. The summed E-state index contributed by atoms with van der Waals surface area (Å²) in [5.41, 5.74) is 5.90. The minimum Gasteiger partial charge on any atom is -0.396 e. The molecule has 1 aliphatic rings. The van der Waals surface area contributed by atoms with Gasteiger partial charge in [-0.05, 0) is 28.8 Å². The van der Waals surface area contributed by atoms with E-state index in [4.69, 9.17) is 5.73 Å². The molecule has 1 saturated carbocycles. The van der Waals surface area contributed by atoms with E-state index in [0.717, 1.165) is 12.8 Å². The molecule has 0 aliphatic heterocycles. The van der Waals surface area contributed by atoms with Crippen LogP contribution in [-0.4, -0.2) is 9.78 Å². The van der Waals surface area contributed by atoms with E-state index in [9.17, 15) is 4.79 Å². The van der Waals surface area contributed by atoms with Gasteiger partial charge in [0, 0.05) is 0 Å². The Bertz CT molecular complexity index is 410. The van der Waals surface area contributed by atoms with Crippen LogP contribution in [-0.2, 0) is 0 Å². The van der Waals surface area contributed by atoms with Gasteiger partial charge in [0.1, 0.15) is 4.47 Å². The number of anilines is 1. The zero-order valence-corrected chi connectivity index (χ0v) is 10.0. The van der Waals surface area contributed by atoms with E-state index in [1.165, 1.54) is 19.3 Å². The predicted molar refractivity (Wildman–Crippen MR) is 62.7 cm³/mol. The van der Waals surface area contributed by atoms with Crippen molar-refractivity contribution in [3.8, 4) is 0 Å². The highest BCUT2D eigenvalue weighted by molar-refractivity contribution is 9.10. The standard InChI is InChI=1S/C10H14BrN3O/c11-9-8(12)6-13-14(10(9)15)7-4-2-1-3-5-7/h6-7H,1-5,12H2. The van der Waals surface area contributed by atoms with Gasteiger partial charge in [0.05, 0.1) is 17.9 Å². The number of nitrogens with two attached hydrogens (primary N) is 1. The van der Waals surface area contributed by atoms with E-state index in [1.54, 1.807) is 10.9 Å². The molecule has 82 valence electrons. The van der Waals surface area contributed by atoms with Crippen molar-refractivity contribution < 1.29 is 0 Å². The van der Waals surface area contributed by atoms with E-state index >= 15 is 0 Å². The first-order chi connectivity index (χ1) is 7.20. The first kappa shape index (κ1) is 10.7. The van der Waals surface area contributed by atoms with E-state index in [0.29, 0.717) is 10.2 Å². The van der Waals surface area contributed by atoms with Crippen molar-refractivity contribution in [2.45, 2.75) is 38.1 Å². The Hall–Kier alpha value is -0.840. The van der Waals surface area contributed by atoms with Crippen LogP contribution < -0.4 is 11.3 Å². The van der Waals surface area contributed by atoms with Gasteiger partial charge in [0.25, 0.3) is 5.56 Å². The van der Waals surface area contributed by atoms with E-state index in [2.05, 4.69) is 21.0 Å². The fourth-order valence-corrected chi connectivity index (χ4v) is 2.33. The predicted octanol–water partition coefficient (Wildman–Crippen LogP) is 2.09. The third kappa shape index (κ3) is 2.07. The van der Waals surface area contributed by atoms with Gasteiger partial charge in [-0.15, -0.1) is 0 Å². The number of aromatic nitrogens is 2. The van der Waals surface area contributed by atoms with Crippen LogP contribution in [0.1, 0.15) is 38.1 Å². The maximum absolute atomic E-state index is 11.9. The first-order valence-corrected chi connectivity index (χ1v) is 6.02. The van der Waals surface area contributed by atoms with Crippen LogP contribution in [0.25, 0.3) is 0 Å². The van der Waals surface area contributed by atoms with Crippen LogP contribution in [0.5, 0.6) is 0 Å². The Labute approximate surface area is 96.6 Å². The molecule has 0 spiro atoms. The molecule has 1 aliphatic carbocycles. The largest absolute Gasteiger partial charge is 0.396 e. The highest BCUT2D eigenvalue weighted by Gasteiger charge is 2.18. The molecular formula is C10H14BrN3O. The van der Waals surface area contributed by atoms with Crippen molar-refractivity contribution in [3.63, 3.8) is 0 Å². The minimum absolute atomic E-state index is 0.109. The summed E-state index contributed by atoms with van der Waals surface area (Å²) in [6.45, 7) is 0. The normalized spacial score (nSPS) is 17.9. The summed E-state index contributed by atoms with van der Waals surface area (Å²) in [7, 11) is 0. The van der Waals surface area contributed by atoms with Gasteiger partial charge >= 0.3 is 0 Å². The van der Waals surface area contributed by atoms with Gasteiger partial charge in [-0.1, -0.05) is 19.3 Å². The molecular weight excluding hydrogens is 258 g/mol. The van der Waals surface area contributed by atoms with Gasteiger partial charge in [-0.2, -0.15) is 5.10 Å². The second-order valence-electron chi connectivity index (χ2n) is 3.96. The molecule has 1 fully saturated rings. The number of nitrogen functional groups attached to an aromatic ring is 1. The molecule has 0 aromatic carbocycles. The average molecular weight is 272 g/mol. The molecule has 2 N–H and O–H groups in total. The van der Waals surface area contributed by atoms with Crippen molar-refractivity contribution in [2.75, 3.05) is 5.73 Å². The molecule has 0 unspecified atom stereocenters. The smallest absolute Gasteiger partial charge is 0.283 e. The molecule has 1 heterocycles. The second kappa shape index (κ2) is 4.35. The van der Waals surface area contributed by atoms with Crippen LogP contribution in [0.4, 0.5) is 5.69 Å². The van der Waals surface area contributed by atoms with Crippen LogP contribution >= 0.6 is 15.9 Å². The van der Waals surface area contributed by atoms with E-state index in [1.807, 2.05) is 0 Å². The highest BCUT2D eigenvalue weighted by Crippen LogP contribution is 2.26. The summed E-state index contributed by atoms with van der Waals surface area (Å²) in [6, 6.07) is 0.253. The van der Waals surface area contributed by atoms with E-state index < -0.39 is 0 Å². The van der Waals surface area contributed by atoms with Gasteiger partial charge in [-0.3, -0.25) is 4.79 Å². The minimum atomic E-state index is -0.109. The average Bonchev–Trinajstić information content (AvgIpc) is 2.27. The lowest BCUT2D eigenvalue weighted by Gasteiger charge is -2.22. The molecule has 0 bridgehead atoms. The topological polar surface area (TPSA) is 60.9 Å². The lowest BCUT2D eigenvalue weighted by molar-refractivity contribution is 0.318. The fraction of sp³-hybridized carbons (Fsp3) is 0.600. The van der Waals surface area contributed by atoms with Crippen LogP contribution in [0, 0.1) is 0 Å². The van der Waals surface area contributed by atoms with Crippen molar-refractivity contribution in [2.24, 2.45) is 0 Å². The summed E-state index contributed by atoms with van der Waals surface area (Å²) < 4.78 is 2.00. The quantitative estimate of drug-likeness (QED) is 0.851.